The second-order valence-electron chi connectivity index (χ2n) is 9.45. The summed E-state index contributed by atoms with van der Waals surface area (Å²) in [6.45, 7) is 6.27. The predicted octanol–water partition coefficient (Wildman–Crippen LogP) is 8.06. The monoisotopic (exact) mass is 581 g/mol. The zero-order chi connectivity index (χ0) is 26.1. The zero-order valence-electron chi connectivity index (χ0n) is 22.2. The maximum absolute atomic E-state index is 12.4. The molecule has 1 unspecified atom stereocenters. The fourth-order valence-corrected chi connectivity index (χ4v) is 4.53. The Bertz CT molecular complexity index is 760. The molecule has 1 atom stereocenters. The molecule has 0 aliphatic rings. The number of nitrogens with one attached hydrogen (secondary N) is 3. The van der Waals surface area contributed by atoms with Crippen LogP contribution in [-0.2, 0) is 4.79 Å². The maximum atomic E-state index is 12.4. The van der Waals surface area contributed by atoms with Gasteiger partial charge in [0.25, 0.3) is 0 Å². The Morgan fingerprint density at radius 2 is 1.36 bits per heavy atom. The lowest BCUT2D eigenvalue weighted by atomic mass is 10.0. The highest BCUT2D eigenvalue weighted by Gasteiger charge is 2.34. The number of amides is 1. The molecular formula is C27H46Cl3N3O2S. The van der Waals surface area contributed by atoms with E-state index in [1.54, 1.807) is 0 Å². The third-order valence-electron chi connectivity index (χ3n) is 6.05. The summed E-state index contributed by atoms with van der Waals surface area (Å²) in [6, 6.07) is 5.98. The summed E-state index contributed by atoms with van der Waals surface area (Å²) in [5, 5.41) is 9.06. The van der Waals surface area contributed by atoms with Crippen LogP contribution in [-0.4, -0.2) is 26.5 Å². The van der Waals surface area contributed by atoms with Crippen molar-refractivity contribution in [3.8, 4) is 0 Å². The van der Waals surface area contributed by atoms with Gasteiger partial charge in [0.15, 0.2) is 5.11 Å². The first-order valence-corrected chi connectivity index (χ1v) is 14.7. The van der Waals surface area contributed by atoms with Gasteiger partial charge in [-0.1, -0.05) is 136 Å². The van der Waals surface area contributed by atoms with E-state index in [0.29, 0.717) is 6.42 Å². The number of rotatable bonds is 17. The van der Waals surface area contributed by atoms with E-state index in [-0.39, 0.29) is 16.5 Å². The van der Waals surface area contributed by atoms with Gasteiger partial charge in [0.1, 0.15) is 6.17 Å². The summed E-state index contributed by atoms with van der Waals surface area (Å²) in [5.74, 6) is -0.161. The molecule has 0 aromatic heterocycles. The first kappa shape index (κ1) is 35.2. The Labute approximate surface area is 239 Å². The van der Waals surface area contributed by atoms with Crippen LogP contribution in [0.15, 0.2) is 18.2 Å². The number of carbonyl (C=O) groups excluding carboxylic acids is 1. The van der Waals surface area contributed by atoms with Gasteiger partial charge in [-0.25, -0.2) is 0 Å². The number of thiocarbonyl (C=S) groups is 1. The number of hydrogen-bond acceptors (Lipinski definition) is 2. The molecule has 0 heterocycles. The topological polar surface area (TPSA) is 84.7 Å². The molecule has 0 saturated carbocycles. The summed E-state index contributed by atoms with van der Waals surface area (Å²) < 4.78 is -1.75. The third kappa shape index (κ3) is 16.9. The molecule has 0 spiro atoms. The lowest BCUT2D eigenvalue weighted by molar-refractivity contribution is -0.122. The zero-order valence-corrected chi connectivity index (χ0v) is 25.2. The van der Waals surface area contributed by atoms with Gasteiger partial charge in [0.2, 0.25) is 9.70 Å². The molecular weight excluding hydrogens is 537 g/mol. The Morgan fingerprint density at radius 3 is 1.83 bits per heavy atom. The number of carbonyl (C=O) groups is 1. The molecule has 1 rings (SSSR count). The highest BCUT2D eigenvalue weighted by atomic mass is 35.6. The standard InChI is InChI=1S/C27H44Cl3N3OS.H2O/c1-4-5-6-7-8-9-10-11-12-13-14-15-16-17-24(34)32-25(27(28,29)30)33-26(35)31-23-19-18-21(2)20-22(23)3;/h18-20,25H,4-17H2,1-3H3,(H,32,34)(H2,31,33,35);1H2. The van der Waals surface area contributed by atoms with Crippen LogP contribution >= 0.6 is 47.0 Å². The normalized spacial score (nSPS) is 11.9. The Balaban J connectivity index is 0.0000122. The number of halogens is 3. The molecule has 208 valence electrons. The summed E-state index contributed by atoms with van der Waals surface area (Å²) in [6.07, 6.45) is 15.9. The van der Waals surface area contributed by atoms with Crippen LogP contribution in [0.4, 0.5) is 5.69 Å². The molecule has 0 aliphatic heterocycles. The van der Waals surface area contributed by atoms with Crippen LogP contribution in [0.3, 0.4) is 0 Å². The van der Waals surface area contributed by atoms with E-state index in [1.807, 2.05) is 26.0 Å². The second-order valence-corrected chi connectivity index (χ2v) is 12.2. The van der Waals surface area contributed by atoms with Crippen molar-refractivity contribution >= 4 is 63.7 Å². The minimum absolute atomic E-state index is 0. The highest BCUT2D eigenvalue weighted by molar-refractivity contribution is 7.80. The molecule has 0 bridgehead atoms. The molecule has 0 aliphatic carbocycles. The number of benzene rings is 1. The Morgan fingerprint density at radius 1 is 0.861 bits per heavy atom. The number of alkyl halides is 3. The summed E-state index contributed by atoms with van der Waals surface area (Å²) in [4.78, 5) is 12.4. The summed E-state index contributed by atoms with van der Waals surface area (Å²) in [7, 11) is 0. The molecule has 1 amide bonds. The molecule has 5 N–H and O–H groups in total. The third-order valence-corrected chi connectivity index (χ3v) is 6.92. The second kappa shape index (κ2) is 20.2. The minimum atomic E-state index is -1.75. The van der Waals surface area contributed by atoms with Gasteiger partial charge in [-0.2, -0.15) is 0 Å². The number of unbranched alkanes of at least 4 members (excludes halogenated alkanes) is 12. The van der Waals surface area contributed by atoms with Crippen LogP contribution < -0.4 is 16.0 Å². The van der Waals surface area contributed by atoms with Gasteiger partial charge < -0.3 is 21.4 Å². The molecule has 0 radical (unpaired) electrons. The fourth-order valence-electron chi connectivity index (χ4n) is 3.98. The van der Waals surface area contributed by atoms with Gasteiger partial charge in [-0.15, -0.1) is 0 Å². The van der Waals surface area contributed by atoms with E-state index in [4.69, 9.17) is 47.0 Å². The molecule has 0 fully saturated rings. The maximum Gasteiger partial charge on any atom is 0.228 e. The van der Waals surface area contributed by atoms with Crippen LogP contribution in [0, 0.1) is 13.8 Å². The molecule has 1 aromatic carbocycles. The fraction of sp³-hybridized carbons (Fsp3) is 0.704. The van der Waals surface area contributed by atoms with Crippen molar-refractivity contribution in [1.82, 2.24) is 10.6 Å². The van der Waals surface area contributed by atoms with E-state index in [2.05, 4.69) is 28.9 Å². The van der Waals surface area contributed by atoms with Crippen LogP contribution in [0.1, 0.15) is 108 Å². The van der Waals surface area contributed by atoms with Crippen molar-refractivity contribution in [1.29, 1.82) is 0 Å². The van der Waals surface area contributed by atoms with Gasteiger partial charge in [0, 0.05) is 12.1 Å². The van der Waals surface area contributed by atoms with Crippen molar-refractivity contribution < 1.29 is 10.3 Å². The van der Waals surface area contributed by atoms with Gasteiger partial charge in [-0.05, 0) is 44.1 Å². The van der Waals surface area contributed by atoms with Crippen molar-refractivity contribution in [2.75, 3.05) is 5.32 Å². The van der Waals surface area contributed by atoms with E-state index < -0.39 is 9.96 Å². The lowest BCUT2D eigenvalue weighted by Crippen LogP contribution is -2.56. The number of aryl methyl sites for hydroxylation is 2. The lowest BCUT2D eigenvalue weighted by Gasteiger charge is -2.28. The van der Waals surface area contributed by atoms with Crippen molar-refractivity contribution in [2.24, 2.45) is 0 Å². The highest BCUT2D eigenvalue weighted by Crippen LogP contribution is 2.29. The van der Waals surface area contributed by atoms with Gasteiger partial charge >= 0.3 is 0 Å². The average molecular weight is 583 g/mol. The van der Waals surface area contributed by atoms with Crippen LogP contribution in [0.25, 0.3) is 0 Å². The predicted molar refractivity (Wildman–Crippen MR) is 161 cm³/mol. The van der Waals surface area contributed by atoms with Crippen molar-refractivity contribution in [2.45, 2.75) is 121 Å². The molecule has 36 heavy (non-hydrogen) atoms. The largest absolute Gasteiger partial charge is 0.412 e. The van der Waals surface area contributed by atoms with Crippen molar-refractivity contribution in [3.63, 3.8) is 0 Å². The molecule has 9 heteroatoms. The minimum Gasteiger partial charge on any atom is -0.412 e. The van der Waals surface area contributed by atoms with E-state index in [1.165, 1.54) is 64.2 Å². The summed E-state index contributed by atoms with van der Waals surface area (Å²) >= 11 is 23.7. The Kier molecular flexibility index (Phi) is 19.8. The molecule has 5 nitrogen and oxygen atoms in total. The smallest absolute Gasteiger partial charge is 0.228 e. The molecule has 1 aromatic rings. The quantitative estimate of drug-likeness (QED) is 0.0750. The number of hydrogen-bond donors (Lipinski definition) is 3. The average Bonchev–Trinajstić information content (AvgIpc) is 2.78. The number of anilines is 1. The van der Waals surface area contributed by atoms with E-state index in [9.17, 15) is 4.79 Å². The van der Waals surface area contributed by atoms with Crippen LogP contribution in [0.2, 0.25) is 0 Å². The Hall–Kier alpha value is -0.790. The van der Waals surface area contributed by atoms with Crippen LogP contribution in [0.5, 0.6) is 0 Å². The SMILES string of the molecule is CCCCCCCCCCCCCCCC(=O)NC(NC(=S)Nc1ccc(C)cc1C)C(Cl)(Cl)Cl.O. The first-order chi connectivity index (χ1) is 16.6. The van der Waals surface area contributed by atoms with Gasteiger partial charge in [-0.3, -0.25) is 4.79 Å². The van der Waals surface area contributed by atoms with E-state index >= 15 is 0 Å². The molecule has 0 saturated heterocycles. The summed E-state index contributed by atoms with van der Waals surface area (Å²) in [5.41, 5.74) is 3.06. The van der Waals surface area contributed by atoms with Gasteiger partial charge in [0.05, 0.1) is 0 Å². The first-order valence-electron chi connectivity index (χ1n) is 13.1. The van der Waals surface area contributed by atoms with E-state index in [0.717, 1.165) is 36.1 Å². The van der Waals surface area contributed by atoms with Crippen molar-refractivity contribution in [3.05, 3.63) is 29.3 Å².